The van der Waals surface area contributed by atoms with Crippen LogP contribution < -0.4 is 5.32 Å². The summed E-state index contributed by atoms with van der Waals surface area (Å²) in [7, 11) is 0. The fourth-order valence-electron chi connectivity index (χ4n) is 2.54. The number of hydrogen-bond acceptors (Lipinski definition) is 3. The lowest BCUT2D eigenvalue weighted by molar-refractivity contribution is 0.102. The number of benzene rings is 2. The smallest absolute Gasteiger partial charge is 0.278 e. The van der Waals surface area contributed by atoms with E-state index in [4.69, 9.17) is 0 Å². The zero-order valence-electron chi connectivity index (χ0n) is 14.0. The molecule has 5 nitrogen and oxygen atoms in total. The molecule has 1 N–H and O–H groups in total. The number of hydrogen-bond donors (Lipinski definition) is 1. The van der Waals surface area contributed by atoms with E-state index in [1.807, 2.05) is 32.0 Å². The van der Waals surface area contributed by atoms with Crippen molar-refractivity contribution in [2.75, 3.05) is 5.32 Å². The van der Waals surface area contributed by atoms with Gasteiger partial charge in [-0.3, -0.25) is 4.79 Å². The molecule has 3 rings (SSSR count). The first-order chi connectivity index (χ1) is 11.8. The summed E-state index contributed by atoms with van der Waals surface area (Å²) in [5.41, 5.74) is 3.34. The molecule has 1 aromatic heterocycles. The highest BCUT2D eigenvalue weighted by molar-refractivity contribution is 6.03. The highest BCUT2D eigenvalue weighted by atomic mass is 19.1. The Morgan fingerprint density at radius 1 is 1.00 bits per heavy atom. The fraction of sp³-hybridized carbons (Fsp3) is 0.167. The summed E-state index contributed by atoms with van der Waals surface area (Å²) in [6.45, 7) is 5.56. The average molecular weight is 342 g/mol. The van der Waals surface area contributed by atoms with Gasteiger partial charge in [0.05, 0.1) is 11.4 Å². The molecular weight excluding hydrogens is 326 g/mol. The van der Waals surface area contributed by atoms with Crippen LogP contribution in [-0.2, 0) is 0 Å². The third-order valence-corrected chi connectivity index (χ3v) is 3.69. The minimum absolute atomic E-state index is 0.0166. The molecule has 0 saturated carbocycles. The number of nitrogens with one attached hydrogen (secondary N) is 1. The third-order valence-electron chi connectivity index (χ3n) is 3.69. The Hall–Kier alpha value is -3.09. The summed E-state index contributed by atoms with van der Waals surface area (Å²) in [6, 6.07) is 8.58. The molecule has 0 unspecified atom stereocenters. The minimum atomic E-state index is -0.772. The molecule has 0 radical (unpaired) electrons. The summed E-state index contributed by atoms with van der Waals surface area (Å²) < 4.78 is 26.5. The van der Waals surface area contributed by atoms with E-state index in [0.717, 1.165) is 35.0 Å². The van der Waals surface area contributed by atoms with Crippen molar-refractivity contribution in [2.45, 2.75) is 20.8 Å². The van der Waals surface area contributed by atoms with Crippen LogP contribution in [0, 0.1) is 32.4 Å². The van der Waals surface area contributed by atoms with E-state index in [0.29, 0.717) is 5.69 Å². The van der Waals surface area contributed by atoms with Crippen molar-refractivity contribution < 1.29 is 13.6 Å². The van der Waals surface area contributed by atoms with E-state index >= 15 is 0 Å². The standard InChI is InChI=1S/C18H16F2N4O/c1-10-4-5-16(11(2)6-10)24-22-12(3)17(23-24)18(25)21-15-8-13(19)7-14(20)9-15/h4-9H,1-3H3,(H,21,25). The van der Waals surface area contributed by atoms with Crippen molar-refractivity contribution in [1.82, 2.24) is 15.0 Å². The van der Waals surface area contributed by atoms with Gasteiger partial charge in [0, 0.05) is 11.8 Å². The van der Waals surface area contributed by atoms with E-state index in [-0.39, 0.29) is 11.4 Å². The lowest BCUT2D eigenvalue weighted by atomic mass is 10.1. The Morgan fingerprint density at radius 2 is 1.68 bits per heavy atom. The Labute approximate surface area is 143 Å². The van der Waals surface area contributed by atoms with Crippen LogP contribution in [0.5, 0.6) is 0 Å². The van der Waals surface area contributed by atoms with E-state index in [1.165, 1.54) is 4.80 Å². The molecule has 0 fully saturated rings. The molecule has 0 spiro atoms. The summed E-state index contributed by atoms with van der Waals surface area (Å²) in [5.74, 6) is -2.13. The summed E-state index contributed by atoms with van der Waals surface area (Å²) in [6.07, 6.45) is 0. The van der Waals surface area contributed by atoms with Gasteiger partial charge in [0.15, 0.2) is 5.69 Å². The van der Waals surface area contributed by atoms with Crippen LogP contribution in [0.3, 0.4) is 0 Å². The fourth-order valence-corrected chi connectivity index (χ4v) is 2.54. The molecular formula is C18H16F2N4O. The maximum Gasteiger partial charge on any atom is 0.278 e. The van der Waals surface area contributed by atoms with E-state index in [9.17, 15) is 13.6 Å². The first kappa shape index (κ1) is 16.8. The lowest BCUT2D eigenvalue weighted by Gasteiger charge is -2.05. The zero-order chi connectivity index (χ0) is 18.1. The average Bonchev–Trinajstić information content (AvgIpc) is 2.87. The van der Waals surface area contributed by atoms with Gasteiger partial charge in [-0.2, -0.15) is 9.90 Å². The van der Waals surface area contributed by atoms with Gasteiger partial charge in [-0.25, -0.2) is 8.78 Å². The van der Waals surface area contributed by atoms with Crippen LogP contribution >= 0.6 is 0 Å². The quantitative estimate of drug-likeness (QED) is 0.789. The number of aryl methyl sites for hydroxylation is 3. The largest absolute Gasteiger partial charge is 0.320 e. The number of rotatable bonds is 3. The topological polar surface area (TPSA) is 59.8 Å². The van der Waals surface area contributed by atoms with Crippen molar-refractivity contribution in [2.24, 2.45) is 0 Å². The highest BCUT2D eigenvalue weighted by Gasteiger charge is 2.18. The number of aromatic nitrogens is 3. The molecule has 0 atom stereocenters. The number of anilines is 1. The maximum atomic E-state index is 13.2. The number of amides is 1. The molecule has 0 saturated heterocycles. The number of halogens is 2. The van der Waals surface area contributed by atoms with Gasteiger partial charge in [-0.1, -0.05) is 17.7 Å². The molecule has 1 amide bonds. The highest BCUT2D eigenvalue weighted by Crippen LogP contribution is 2.17. The van der Waals surface area contributed by atoms with Gasteiger partial charge in [0.1, 0.15) is 11.6 Å². The normalized spacial score (nSPS) is 10.8. The zero-order valence-corrected chi connectivity index (χ0v) is 14.0. The second kappa shape index (κ2) is 6.43. The summed E-state index contributed by atoms with van der Waals surface area (Å²) >= 11 is 0. The minimum Gasteiger partial charge on any atom is -0.320 e. The second-order valence-electron chi connectivity index (χ2n) is 5.83. The van der Waals surface area contributed by atoms with E-state index < -0.39 is 17.5 Å². The summed E-state index contributed by atoms with van der Waals surface area (Å²) in [4.78, 5) is 13.7. The second-order valence-corrected chi connectivity index (χ2v) is 5.83. The molecule has 0 bridgehead atoms. The molecule has 1 heterocycles. The predicted molar refractivity (Wildman–Crippen MR) is 89.9 cm³/mol. The predicted octanol–water partition coefficient (Wildman–Crippen LogP) is 3.72. The molecule has 0 aliphatic carbocycles. The first-order valence-electron chi connectivity index (χ1n) is 7.62. The van der Waals surface area contributed by atoms with Crippen LogP contribution in [0.2, 0.25) is 0 Å². The van der Waals surface area contributed by atoms with Crippen LogP contribution in [0.25, 0.3) is 5.69 Å². The molecule has 3 aromatic rings. The molecule has 7 heteroatoms. The number of nitrogens with zero attached hydrogens (tertiary/aromatic N) is 3. The van der Waals surface area contributed by atoms with Crippen molar-refractivity contribution in [3.63, 3.8) is 0 Å². The van der Waals surface area contributed by atoms with Crippen LogP contribution in [0.4, 0.5) is 14.5 Å². The number of carbonyl (C=O) groups is 1. The Balaban J connectivity index is 1.90. The molecule has 0 aliphatic heterocycles. The van der Waals surface area contributed by atoms with Gasteiger partial charge < -0.3 is 5.32 Å². The van der Waals surface area contributed by atoms with E-state index in [1.54, 1.807) is 6.92 Å². The van der Waals surface area contributed by atoms with Crippen molar-refractivity contribution in [3.05, 3.63) is 70.5 Å². The Kier molecular flexibility index (Phi) is 4.31. The van der Waals surface area contributed by atoms with Crippen molar-refractivity contribution >= 4 is 11.6 Å². The third kappa shape index (κ3) is 3.55. The molecule has 25 heavy (non-hydrogen) atoms. The van der Waals surface area contributed by atoms with Gasteiger partial charge >= 0.3 is 0 Å². The molecule has 0 aliphatic rings. The van der Waals surface area contributed by atoms with Crippen molar-refractivity contribution in [1.29, 1.82) is 0 Å². The van der Waals surface area contributed by atoms with Gasteiger partial charge in [0.2, 0.25) is 0 Å². The van der Waals surface area contributed by atoms with Crippen molar-refractivity contribution in [3.8, 4) is 5.69 Å². The van der Waals surface area contributed by atoms with Gasteiger partial charge in [-0.05, 0) is 44.5 Å². The summed E-state index contributed by atoms with van der Waals surface area (Å²) in [5, 5.41) is 10.9. The maximum absolute atomic E-state index is 13.2. The van der Waals surface area contributed by atoms with Gasteiger partial charge in [-0.15, -0.1) is 5.10 Å². The lowest BCUT2D eigenvalue weighted by Crippen LogP contribution is -2.14. The number of carbonyl (C=O) groups excluding carboxylic acids is 1. The SMILES string of the molecule is Cc1ccc(-n2nc(C)c(C(=O)Nc3cc(F)cc(F)c3)n2)c(C)c1. The molecule has 2 aromatic carbocycles. The van der Waals surface area contributed by atoms with Gasteiger partial charge in [0.25, 0.3) is 5.91 Å². The Bertz CT molecular complexity index is 945. The monoisotopic (exact) mass is 342 g/mol. The van der Waals surface area contributed by atoms with Crippen LogP contribution in [0.1, 0.15) is 27.3 Å². The van der Waals surface area contributed by atoms with Crippen LogP contribution in [-0.4, -0.2) is 20.9 Å². The molecule has 128 valence electrons. The van der Waals surface area contributed by atoms with Crippen LogP contribution in [0.15, 0.2) is 36.4 Å². The Morgan fingerprint density at radius 3 is 2.32 bits per heavy atom. The van der Waals surface area contributed by atoms with E-state index in [2.05, 4.69) is 15.5 Å². The first-order valence-corrected chi connectivity index (χ1v) is 7.62.